The van der Waals surface area contributed by atoms with Crippen LogP contribution in [0.1, 0.15) is 74.6 Å². The van der Waals surface area contributed by atoms with Crippen molar-refractivity contribution in [2.45, 2.75) is 99.3 Å². The maximum Gasteiger partial charge on any atom is 0 e. The molecule has 0 aromatic heterocycles. The van der Waals surface area contributed by atoms with E-state index in [-0.39, 0.29) is 97.6 Å². The molecule has 2 amide bonds. The molecule has 2 radical (unpaired) electrons. The fourth-order valence-corrected chi connectivity index (χ4v) is 7.37. The van der Waals surface area contributed by atoms with E-state index in [1.807, 2.05) is 0 Å². The number of carbonyl (C=O) groups is 2. The second kappa shape index (κ2) is 42.9. The van der Waals surface area contributed by atoms with Gasteiger partial charge in [0.15, 0.2) is 13.2 Å². The number of nitrogens with zero attached hydrogens (tertiary/aromatic N) is 4. The molecular formula is C46H40F12Mn2N6O11S-2. The first-order valence-corrected chi connectivity index (χ1v) is 20.0. The smallest absolute Gasteiger partial charge is 0 e. The van der Waals surface area contributed by atoms with Crippen LogP contribution in [0.2, 0.25) is 0 Å². The van der Waals surface area contributed by atoms with Crippen molar-refractivity contribution in [2.24, 2.45) is 11.8 Å². The Balaban J connectivity index is -0.000000168. The number of nitriles is 2. The number of nitrogens with one attached hydrogen (secondary N) is 2. The van der Waals surface area contributed by atoms with Crippen LogP contribution in [0.4, 0.5) is 52.7 Å². The summed E-state index contributed by atoms with van der Waals surface area (Å²) in [5.41, 5.74) is -10.8. The van der Waals surface area contributed by atoms with E-state index in [4.69, 9.17) is 61.1 Å². The largest absolute Gasteiger partial charge is 0.358 e. The van der Waals surface area contributed by atoms with Crippen molar-refractivity contribution in [3.05, 3.63) is 136 Å². The zero-order valence-electron chi connectivity index (χ0n) is 40.4. The van der Waals surface area contributed by atoms with E-state index >= 15 is 0 Å². The van der Waals surface area contributed by atoms with Crippen molar-refractivity contribution in [2.75, 3.05) is 13.2 Å². The minimum Gasteiger partial charge on any atom is -0.358 e. The number of rotatable bonds is 12. The molecule has 2 N–H and O–H groups in total. The number of benzene rings is 2. The predicted molar refractivity (Wildman–Crippen MR) is 229 cm³/mol. The average Bonchev–Trinajstić information content (AvgIpc) is 4.04. The first-order chi connectivity index (χ1) is 34.6. The third kappa shape index (κ3) is 31.9. The zero-order chi connectivity index (χ0) is 58.9. The molecule has 0 aliphatic heterocycles. The van der Waals surface area contributed by atoms with Gasteiger partial charge in [-0.25, -0.2) is 13.1 Å². The van der Waals surface area contributed by atoms with Gasteiger partial charge < -0.3 is 24.3 Å². The quantitative estimate of drug-likeness (QED) is 0.0891. The number of hydrogen-bond acceptors (Lipinski definition) is 8. The Hall–Kier alpha value is -6.11. The molecule has 2 aliphatic rings. The van der Waals surface area contributed by atoms with Crippen molar-refractivity contribution in [3.63, 3.8) is 0 Å². The predicted octanol–water partition coefficient (Wildman–Crippen LogP) is 10.2. The van der Waals surface area contributed by atoms with E-state index in [1.165, 1.54) is 6.92 Å². The summed E-state index contributed by atoms with van der Waals surface area (Å²) in [7, 11) is 0. The van der Waals surface area contributed by atoms with Crippen LogP contribution in [0.5, 0.6) is 11.5 Å². The van der Waals surface area contributed by atoms with Gasteiger partial charge in [0.25, 0.3) is 0 Å². The molecule has 0 heterocycles. The Morgan fingerprint density at radius 2 is 0.949 bits per heavy atom. The number of hydrogen-bond donors (Lipinski definition) is 2. The number of alkyl halides is 12. The molecule has 2 aromatic rings. The molecule has 6 unspecified atom stereocenters. The summed E-state index contributed by atoms with van der Waals surface area (Å²) in [4.78, 5) is 31.4. The van der Waals surface area contributed by atoms with E-state index in [9.17, 15) is 62.3 Å². The van der Waals surface area contributed by atoms with Crippen LogP contribution in [0.3, 0.4) is 0 Å². The first kappa shape index (κ1) is 88.5. The van der Waals surface area contributed by atoms with E-state index in [0.29, 0.717) is 25.0 Å². The van der Waals surface area contributed by atoms with Crippen molar-refractivity contribution >= 4 is 23.6 Å². The molecule has 0 spiro atoms. The van der Waals surface area contributed by atoms with Crippen LogP contribution >= 0.6 is 11.8 Å². The summed E-state index contributed by atoms with van der Waals surface area (Å²) in [6, 6.07) is 8.29. The van der Waals surface area contributed by atoms with Gasteiger partial charge in [-0.1, -0.05) is 6.42 Å². The average molecular weight is 1220 g/mol. The van der Waals surface area contributed by atoms with Gasteiger partial charge in [-0.15, -0.1) is 13.2 Å². The molecule has 0 bridgehead atoms. The van der Waals surface area contributed by atoms with Crippen LogP contribution < -0.4 is 20.1 Å². The second-order valence-corrected chi connectivity index (χ2v) is 15.6. The van der Waals surface area contributed by atoms with Gasteiger partial charge in [0, 0.05) is 53.2 Å². The van der Waals surface area contributed by atoms with E-state index in [2.05, 4.69) is 65.0 Å². The molecule has 2 aromatic carbocycles. The molecule has 0 saturated heterocycles. The summed E-state index contributed by atoms with van der Waals surface area (Å²) >= 11 is -0.272. The molecule has 4 rings (SSSR count). The second-order valence-electron chi connectivity index (χ2n) is 14.2. The Bertz CT molecular complexity index is 2230. The van der Waals surface area contributed by atoms with Crippen molar-refractivity contribution < 1.29 is 139 Å². The van der Waals surface area contributed by atoms with Gasteiger partial charge in [-0.05, 0) is 80.3 Å². The summed E-state index contributed by atoms with van der Waals surface area (Å²) in [5.74, 6) is -5.24. The topological polar surface area (TPSA) is 262 Å². The molecule has 17 nitrogen and oxygen atoms in total. The Morgan fingerprint density at radius 3 is 1.26 bits per heavy atom. The summed E-state index contributed by atoms with van der Waals surface area (Å²) in [5, 5.41) is 21.4. The van der Waals surface area contributed by atoms with Crippen LogP contribution in [-0.4, -0.2) is 59.6 Å². The number of thioether (sulfide) groups is 1. The summed E-state index contributed by atoms with van der Waals surface area (Å²) in [6.45, 7) is 42.5. The van der Waals surface area contributed by atoms with Gasteiger partial charge in [0.1, 0.15) is 11.5 Å². The van der Waals surface area contributed by atoms with Gasteiger partial charge >= 0.3 is 103 Å². The van der Waals surface area contributed by atoms with E-state index in [1.54, 1.807) is 12.1 Å². The minimum absolute atomic E-state index is 0. The minimum atomic E-state index is -4.93. The first-order valence-electron chi connectivity index (χ1n) is 19.2. The van der Waals surface area contributed by atoms with Gasteiger partial charge in [-0.3, -0.25) is 34.6 Å². The molecular weight excluding hydrogens is 1180 g/mol. The maximum atomic E-state index is 13.2. The molecule has 2 aliphatic carbocycles. The zero-order valence-corrected chi connectivity index (χ0v) is 43.6. The molecule has 2 saturated carbocycles. The van der Waals surface area contributed by atoms with Gasteiger partial charge in [-0.2, -0.15) is 50.0 Å². The maximum absolute atomic E-state index is 13.2. The summed E-state index contributed by atoms with van der Waals surface area (Å²) in [6.07, 6.45) is -14.7. The summed E-state index contributed by atoms with van der Waals surface area (Å²) < 4.78 is 214. The van der Waals surface area contributed by atoms with E-state index < -0.39 is 106 Å². The normalized spacial score (nSPS) is 16.8. The molecule has 6 atom stereocenters. The third-order valence-electron chi connectivity index (χ3n) is 9.28. The Kier molecular flexibility index (Phi) is 48.6. The van der Waals surface area contributed by atoms with Crippen LogP contribution in [-0.2, 0) is 88.7 Å². The van der Waals surface area contributed by atoms with Gasteiger partial charge in [0.05, 0.1) is 52.3 Å². The number of amides is 2. The van der Waals surface area contributed by atoms with Crippen molar-refractivity contribution in [1.82, 2.24) is 10.6 Å². The molecule has 78 heavy (non-hydrogen) atoms. The van der Waals surface area contributed by atoms with E-state index in [0.717, 1.165) is 31.2 Å². The SMILES string of the molecule is [C-]#[N+]C(C)(COc1cc(C#N)ccc1C(F)(F)F)NC(=O)C1CCCC1OC(F)(F)F.[C-]#[N+]C(C)(COc1cc(C#N)ccc1C(F)(F)F)NC(=O)C1CCCC1SC(F)(F)F.[C-]#[O+].[C-]#[O+].[C-]#[O+].[C-]#[O+].[C-]#[O+].[C-]#[O+].[CH3-].[CH3-].[Mn].[Mn]. The van der Waals surface area contributed by atoms with Crippen molar-refractivity contribution in [1.29, 1.82) is 10.5 Å². The monoisotopic (exact) mass is 1220 g/mol. The van der Waals surface area contributed by atoms with Crippen molar-refractivity contribution in [3.8, 4) is 23.6 Å². The number of carbonyl (C=O) groups excluding carboxylic acids is 2. The Labute approximate surface area is 465 Å². The standard InChI is InChI=1S/C19H17F6N3O3.C19H17F6N3O2S.6CO.2CH3.2Mn/c1-17(27-2,28-16(29)12-4-3-5-14(12)31-19(23,24)25)10-30-15-8-11(9-26)6-7-13(15)18(20,21)22;1-17(27-2,28-16(29)12-4-3-5-15(12)31-19(23,24)25)10-30-14-8-11(9-26)6-7-13(14)18(20,21)22;6*1-2;;;;/h6-8,12,14H,3-5,10H2,1H3,(H,28,29);6-8,12,15H,3-5,10H2,1H3,(H,28,29);;;;;;;2*1H3;;/q;;;;;;;;2*-1;;. The molecule has 426 valence electrons. The third-order valence-corrected chi connectivity index (χ3v) is 10.4. The van der Waals surface area contributed by atoms with Crippen LogP contribution in [0, 0.1) is 102 Å². The fourth-order valence-electron chi connectivity index (χ4n) is 6.31. The number of halogens is 12. The Morgan fingerprint density at radius 1 is 0.615 bits per heavy atom. The van der Waals surface area contributed by atoms with Crippen LogP contribution in [0.25, 0.3) is 9.69 Å². The molecule has 2 fully saturated rings. The van der Waals surface area contributed by atoms with Gasteiger partial charge in [0.2, 0.25) is 11.8 Å². The number of ether oxygens (including phenoxy) is 3. The van der Waals surface area contributed by atoms with Crippen LogP contribution in [0.15, 0.2) is 36.4 Å². The molecule has 32 heteroatoms. The fraction of sp³-hybridized carbons (Fsp3) is 0.435.